The summed E-state index contributed by atoms with van der Waals surface area (Å²) in [5, 5.41) is 3.35. The largest absolute Gasteiger partial charge is 0.465 e. The van der Waals surface area contributed by atoms with Crippen molar-refractivity contribution in [2.45, 2.75) is 25.3 Å². The number of nitrogens with one attached hydrogen (secondary N) is 1. The Labute approximate surface area is 109 Å². The van der Waals surface area contributed by atoms with E-state index < -0.39 is 0 Å². The average molecular weight is 299 g/mol. The summed E-state index contributed by atoms with van der Waals surface area (Å²) in [6, 6.07) is 3.45. The molecule has 1 aromatic carbocycles. The van der Waals surface area contributed by atoms with Crippen molar-refractivity contribution in [2.75, 3.05) is 18.2 Å². The van der Waals surface area contributed by atoms with E-state index in [1.807, 2.05) is 0 Å². The van der Waals surface area contributed by atoms with Crippen molar-refractivity contribution in [2.24, 2.45) is 0 Å². The molecule has 0 heterocycles. The first kappa shape index (κ1) is 12.2. The summed E-state index contributed by atoms with van der Waals surface area (Å²) in [7, 11) is 1.36. The molecule has 0 amide bonds. The van der Waals surface area contributed by atoms with E-state index >= 15 is 0 Å². The molecule has 92 valence electrons. The zero-order valence-electron chi connectivity index (χ0n) is 9.84. The fraction of sp³-hybridized carbons (Fsp3) is 0.417. The van der Waals surface area contributed by atoms with Crippen LogP contribution < -0.4 is 11.1 Å². The molecular weight excluding hydrogens is 284 g/mol. The van der Waals surface area contributed by atoms with Gasteiger partial charge in [-0.15, -0.1) is 0 Å². The molecule has 0 atom stereocenters. The van der Waals surface area contributed by atoms with Crippen LogP contribution in [0, 0.1) is 0 Å². The third kappa shape index (κ3) is 2.54. The van der Waals surface area contributed by atoms with Gasteiger partial charge in [0.15, 0.2) is 0 Å². The average Bonchev–Trinajstić information content (AvgIpc) is 2.99. The molecule has 0 aromatic heterocycles. The van der Waals surface area contributed by atoms with E-state index in [1.54, 1.807) is 12.1 Å². The Morgan fingerprint density at radius 3 is 2.71 bits per heavy atom. The van der Waals surface area contributed by atoms with E-state index in [0.717, 1.165) is 18.5 Å². The maximum Gasteiger partial charge on any atom is 0.339 e. The van der Waals surface area contributed by atoms with Gasteiger partial charge in [0.2, 0.25) is 0 Å². The van der Waals surface area contributed by atoms with Crippen molar-refractivity contribution in [1.82, 2.24) is 0 Å². The third-order valence-electron chi connectivity index (χ3n) is 2.98. The number of nitrogen functional groups attached to an aromatic ring is 1. The molecule has 5 heteroatoms. The molecule has 0 bridgehead atoms. The van der Waals surface area contributed by atoms with Crippen LogP contribution in [0.5, 0.6) is 0 Å². The standard InChI is InChI=1S/C12H15BrN2O2/c1-12(3-4-12)15-10-5-7(11(16)17-2)8(13)6-9(10)14/h5-6,15H,3-4,14H2,1-2H3. The van der Waals surface area contributed by atoms with Gasteiger partial charge in [-0.2, -0.15) is 0 Å². The van der Waals surface area contributed by atoms with E-state index in [0.29, 0.717) is 15.7 Å². The number of hydrogen-bond acceptors (Lipinski definition) is 4. The molecule has 0 spiro atoms. The number of halogens is 1. The van der Waals surface area contributed by atoms with E-state index in [-0.39, 0.29) is 11.5 Å². The predicted octanol–water partition coefficient (Wildman–Crippen LogP) is 2.78. The van der Waals surface area contributed by atoms with Gasteiger partial charge in [0.25, 0.3) is 0 Å². The van der Waals surface area contributed by atoms with Gasteiger partial charge in [-0.3, -0.25) is 0 Å². The molecule has 1 fully saturated rings. The fourth-order valence-corrected chi connectivity index (χ4v) is 2.12. The second-order valence-corrected chi connectivity index (χ2v) is 5.45. The maximum absolute atomic E-state index is 11.6. The summed E-state index contributed by atoms with van der Waals surface area (Å²) in [6.45, 7) is 2.13. The number of rotatable bonds is 3. The van der Waals surface area contributed by atoms with E-state index in [4.69, 9.17) is 10.5 Å². The summed E-state index contributed by atoms with van der Waals surface area (Å²) in [5.41, 5.74) is 7.93. The van der Waals surface area contributed by atoms with E-state index in [9.17, 15) is 4.79 Å². The van der Waals surface area contributed by atoms with Crippen LogP contribution in [-0.2, 0) is 4.74 Å². The highest BCUT2D eigenvalue weighted by molar-refractivity contribution is 9.10. The van der Waals surface area contributed by atoms with Crippen molar-refractivity contribution in [3.8, 4) is 0 Å². The van der Waals surface area contributed by atoms with Crippen LogP contribution >= 0.6 is 15.9 Å². The van der Waals surface area contributed by atoms with Crippen molar-refractivity contribution in [3.63, 3.8) is 0 Å². The Balaban J connectivity index is 2.35. The number of benzene rings is 1. The molecular formula is C12H15BrN2O2. The number of carbonyl (C=O) groups excluding carboxylic acids is 1. The monoisotopic (exact) mass is 298 g/mol. The first-order valence-electron chi connectivity index (χ1n) is 5.41. The van der Waals surface area contributed by atoms with Crippen LogP contribution in [0.1, 0.15) is 30.1 Å². The zero-order chi connectivity index (χ0) is 12.6. The Morgan fingerprint density at radius 1 is 1.53 bits per heavy atom. The summed E-state index contributed by atoms with van der Waals surface area (Å²) in [5.74, 6) is -0.374. The molecule has 17 heavy (non-hydrogen) atoms. The molecule has 1 saturated carbocycles. The Morgan fingerprint density at radius 2 is 2.18 bits per heavy atom. The topological polar surface area (TPSA) is 64.3 Å². The van der Waals surface area contributed by atoms with Crippen molar-refractivity contribution in [3.05, 3.63) is 22.2 Å². The molecule has 1 aromatic rings. The lowest BCUT2D eigenvalue weighted by molar-refractivity contribution is 0.0600. The zero-order valence-corrected chi connectivity index (χ0v) is 11.4. The van der Waals surface area contributed by atoms with Gasteiger partial charge in [-0.1, -0.05) is 0 Å². The lowest BCUT2D eigenvalue weighted by atomic mass is 10.1. The molecule has 1 aliphatic rings. The van der Waals surface area contributed by atoms with Crippen LogP contribution in [0.25, 0.3) is 0 Å². The first-order valence-corrected chi connectivity index (χ1v) is 6.20. The molecule has 0 radical (unpaired) electrons. The van der Waals surface area contributed by atoms with Crippen LogP contribution in [0.4, 0.5) is 11.4 Å². The minimum atomic E-state index is -0.374. The second-order valence-electron chi connectivity index (χ2n) is 4.60. The van der Waals surface area contributed by atoms with Crippen LogP contribution in [0.2, 0.25) is 0 Å². The number of carbonyl (C=O) groups is 1. The van der Waals surface area contributed by atoms with Gasteiger partial charge in [0.1, 0.15) is 0 Å². The van der Waals surface area contributed by atoms with E-state index in [1.165, 1.54) is 7.11 Å². The maximum atomic E-state index is 11.6. The van der Waals surface area contributed by atoms with Crippen molar-refractivity contribution < 1.29 is 9.53 Å². The fourth-order valence-electron chi connectivity index (χ4n) is 1.60. The highest BCUT2D eigenvalue weighted by Crippen LogP contribution is 2.40. The van der Waals surface area contributed by atoms with Crippen LogP contribution in [0.3, 0.4) is 0 Å². The number of esters is 1. The quantitative estimate of drug-likeness (QED) is 0.665. The molecule has 4 nitrogen and oxygen atoms in total. The molecule has 0 saturated heterocycles. The van der Waals surface area contributed by atoms with Crippen LogP contribution in [0.15, 0.2) is 16.6 Å². The summed E-state index contributed by atoms with van der Waals surface area (Å²) in [4.78, 5) is 11.6. The molecule has 1 aliphatic carbocycles. The summed E-state index contributed by atoms with van der Waals surface area (Å²) < 4.78 is 5.37. The third-order valence-corrected chi connectivity index (χ3v) is 3.64. The minimum absolute atomic E-state index is 0.120. The number of anilines is 2. The van der Waals surface area contributed by atoms with Gasteiger partial charge in [-0.25, -0.2) is 4.79 Å². The number of hydrogen-bond donors (Lipinski definition) is 2. The normalized spacial score (nSPS) is 16.4. The van der Waals surface area contributed by atoms with Crippen molar-refractivity contribution >= 4 is 33.3 Å². The summed E-state index contributed by atoms with van der Waals surface area (Å²) >= 11 is 3.31. The molecule has 0 unspecified atom stereocenters. The minimum Gasteiger partial charge on any atom is -0.465 e. The Bertz CT molecular complexity index is 470. The van der Waals surface area contributed by atoms with Gasteiger partial charge < -0.3 is 15.8 Å². The van der Waals surface area contributed by atoms with Crippen LogP contribution in [-0.4, -0.2) is 18.6 Å². The lowest BCUT2D eigenvalue weighted by Crippen LogP contribution is -2.17. The smallest absolute Gasteiger partial charge is 0.339 e. The van der Waals surface area contributed by atoms with Crippen molar-refractivity contribution in [1.29, 1.82) is 0 Å². The first-order chi connectivity index (χ1) is 7.95. The number of methoxy groups -OCH3 is 1. The number of nitrogens with two attached hydrogens (primary N) is 1. The SMILES string of the molecule is COC(=O)c1cc(NC2(C)CC2)c(N)cc1Br. The van der Waals surface area contributed by atoms with Gasteiger partial charge in [-0.05, 0) is 47.8 Å². The highest BCUT2D eigenvalue weighted by atomic mass is 79.9. The summed E-state index contributed by atoms with van der Waals surface area (Å²) in [6.07, 6.45) is 2.24. The predicted molar refractivity (Wildman–Crippen MR) is 71.2 cm³/mol. The lowest BCUT2D eigenvalue weighted by Gasteiger charge is -2.16. The molecule has 0 aliphatic heterocycles. The molecule has 3 N–H and O–H groups in total. The molecule has 2 rings (SSSR count). The van der Waals surface area contributed by atoms with Gasteiger partial charge >= 0.3 is 5.97 Å². The van der Waals surface area contributed by atoms with Gasteiger partial charge in [0.05, 0.1) is 24.0 Å². The highest BCUT2D eigenvalue weighted by Gasteiger charge is 2.37. The Hall–Kier alpha value is -1.23. The Kier molecular flexibility index (Phi) is 3.03. The number of ether oxygens (including phenoxy) is 1. The second kappa shape index (κ2) is 4.22. The van der Waals surface area contributed by atoms with E-state index in [2.05, 4.69) is 28.2 Å². The van der Waals surface area contributed by atoms with Gasteiger partial charge in [0, 0.05) is 10.0 Å².